The first-order valence-electron chi connectivity index (χ1n) is 8.02. The molecule has 132 valence electrons. The number of benzene rings is 2. The van der Waals surface area contributed by atoms with Crippen LogP contribution in [0, 0.1) is 0 Å². The molecule has 1 atom stereocenters. The van der Waals surface area contributed by atoms with Gasteiger partial charge in [-0.05, 0) is 70.2 Å². The molecule has 2 aromatic carbocycles. The summed E-state index contributed by atoms with van der Waals surface area (Å²) in [5.41, 5.74) is 7.36. The van der Waals surface area contributed by atoms with Crippen LogP contribution in [-0.4, -0.2) is 18.4 Å². The predicted molar refractivity (Wildman–Crippen MR) is 102 cm³/mol. The van der Waals surface area contributed by atoms with E-state index in [0.29, 0.717) is 22.9 Å². The molecule has 0 aliphatic heterocycles. The summed E-state index contributed by atoms with van der Waals surface area (Å²) in [7, 11) is 0. The van der Waals surface area contributed by atoms with Gasteiger partial charge >= 0.3 is 0 Å². The van der Waals surface area contributed by atoms with Gasteiger partial charge in [-0.3, -0.25) is 9.59 Å². The third-order valence-electron chi connectivity index (χ3n) is 3.95. The fourth-order valence-corrected chi connectivity index (χ4v) is 2.75. The zero-order chi connectivity index (χ0) is 18.4. The molecule has 0 saturated heterocycles. The fraction of sp³-hybridized carbons (Fsp3) is 0.263. The number of hydrogen-bond acceptors (Lipinski definition) is 3. The molecule has 0 spiro atoms. The Kier molecular flexibility index (Phi) is 6.58. The summed E-state index contributed by atoms with van der Waals surface area (Å²) in [5.74, 6) is 0.292. The topological polar surface area (TPSA) is 81.4 Å². The Bertz CT molecular complexity index is 760. The van der Waals surface area contributed by atoms with Crippen LogP contribution in [0.2, 0.25) is 0 Å². The van der Waals surface area contributed by atoms with Crippen molar-refractivity contribution in [2.45, 2.75) is 26.2 Å². The lowest BCUT2D eigenvalue weighted by atomic mass is 9.99. The van der Waals surface area contributed by atoms with Gasteiger partial charge in [0.2, 0.25) is 5.91 Å². The third kappa shape index (κ3) is 5.32. The van der Waals surface area contributed by atoms with Gasteiger partial charge in [0.15, 0.2) is 6.61 Å². The number of nitrogens with two attached hydrogens (primary N) is 1. The van der Waals surface area contributed by atoms with Crippen molar-refractivity contribution in [1.29, 1.82) is 0 Å². The van der Waals surface area contributed by atoms with Crippen LogP contribution in [-0.2, 0) is 4.79 Å². The quantitative estimate of drug-likeness (QED) is 0.729. The van der Waals surface area contributed by atoms with E-state index in [9.17, 15) is 9.59 Å². The molecule has 25 heavy (non-hydrogen) atoms. The minimum atomic E-state index is -0.508. The normalized spacial score (nSPS) is 11.6. The first-order chi connectivity index (χ1) is 11.9. The number of halogens is 1. The molecule has 2 aromatic rings. The monoisotopic (exact) mass is 404 g/mol. The molecule has 5 nitrogen and oxygen atoms in total. The number of amides is 2. The molecule has 0 heterocycles. The van der Waals surface area contributed by atoms with Crippen LogP contribution >= 0.6 is 15.9 Å². The predicted octanol–water partition coefficient (Wildman–Crippen LogP) is 4.08. The smallest absolute Gasteiger partial charge is 0.262 e. The Morgan fingerprint density at radius 1 is 1.20 bits per heavy atom. The molecule has 6 heteroatoms. The molecule has 0 bridgehead atoms. The first kappa shape index (κ1) is 19.0. The molecule has 0 aromatic heterocycles. The lowest BCUT2D eigenvalue weighted by Gasteiger charge is -2.13. The van der Waals surface area contributed by atoms with E-state index in [2.05, 4.69) is 35.1 Å². The Labute approximate surface area is 155 Å². The van der Waals surface area contributed by atoms with Crippen LogP contribution in [0.4, 0.5) is 5.69 Å². The summed E-state index contributed by atoms with van der Waals surface area (Å²) in [4.78, 5) is 23.0. The van der Waals surface area contributed by atoms with Crippen LogP contribution in [0.1, 0.15) is 42.1 Å². The van der Waals surface area contributed by atoms with Gasteiger partial charge in [-0.15, -0.1) is 0 Å². The van der Waals surface area contributed by atoms with Crippen molar-refractivity contribution < 1.29 is 14.3 Å². The molecule has 0 fully saturated rings. The second-order valence-corrected chi connectivity index (χ2v) is 6.63. The van der Waals surface area contributed by atoms with Crippen LogP contribution in [0.25, 0.3) is 0 Å². The molecular formula is C19H21BrN2O3. The van der Waals surface area contributed by atoms with Crippen molar-refractivity contribution in [3.8, 4) is 5.75 Å². The minimum absolute atomic E-state index is 0.112. The van der Waals surface area contributed by atoms with Crippen LogP contribution in [0.3, 0.4) is 0 Å². The second-order valence-electron chi connectivity index (χ2n) is 5.78. The second kappa shape index (κ2) is 8.67. The van der Waals surface area contributed by atoms with Gasteiger partial charge in [0, 0.05) is 11.3 Å². The largest absolute Gasteiger partial charge is 0.483 e. The molecule has 3 N–H and O–H groups in total. The first-order valence-corrected chi connectivity index (χ1v) is 8.82. The molecule has 0 aliphatic carbocycles. The van der Waals surface area contributed by atoms with Gasteiger partial charge in [0.1, 0.15) is 5.75 Å². The highest BCUT2D eigenvalue weighted by Gasteiger charge is 2.10. The van der Waals surface area contributed by atoms with E-state index in [1.165, 1.54) is 5.56 Å². The van der Waals surface area contributed by atoms with E-state index < -0.39 is 5.91 Å². The van der Waals surface area contributed by atoms with E-state index in [1.54, 1.807) is 24.3 Å². The molecule has 1 unspecified atom stereocenters. The van der Waals surface area contributed by atoms with Gasteiger partial charge in [0.05, 0.1) is 4.47 Å². The summed E-state index contributed by atoms with van der Waals surface area (Å²) in [6.45, 7) is 4.20. The number of hydrogen-bond donors (Lipinski definition) is 2. The molecule has 2 rings (SSSR count). The average Bonchev–Trinajstić information content (AvgIpc) is 2.60. The number of nitrogens with one attached hydrogen (secondary N) is 1. The zero-order valence-corrected chi connectivity index (χ0v) is 15.8. The lowest BCUT2D eigenvalue weighted by Crippen LogP contribution is -2.20. The maximum atomic E-state index is 12.0. The summed E-state index contributed by atoms with van der Waals surface area (Å²) < 4.78 is 6.39. The van der Waals surface area contributed by atoms with Gasteiger partial charge in [-0.25, -0.2) is 0 Å². The van der Waals surface area contributed by atoms with E-state index in [-0.39, 0.29) is 12.5 Å². The van der Waals surface area contributed by atoms with E-state index in [1.807, 2.05) is 18.2 Å². The highest BCUT2D eigenvalue weighted by Crippen LogP contribution is 2.30. The van der Waals surface area contributed by atoms with Crippen molar-refractivity contribution >= 4 is 33.4 Å². The average molecular weight is 405 g/mol. The maximum absolute atomic E-state index is 12.0. The summed E-state index contributed by atoms with van der Waals surface area (Å²) in [5, 5.41) is 2.71. The van der Waals surface area contributed by atoms with Gasteiger partial charge < -0.3 is 15.8 Å². The van der Waals surface area contributed by atoms with Crippen LogP contribution in [0.5, 0.6) is 5.75 Å². The number of primary amides is 1. The van der Waals surface area contributed by atoms with Crippen molar-refractivity contribution in [2.24, 2.45) is 5.73 Å². The summed E-state index contributed by atoms with van der Waals surface area (Å²) in [6.07, 6.45) is 1.06. The van der Waals surface area contributed by atoms with Crippen molar-refractivity contribution in [3.05, 3.63) is 58.1 Å². The molecule has 0 aliphatic rings. The number of carbonyl (C=O) groups is 2. The van der Waals surface area contributed by atoms with E-state index >= 15 is 0 Å². The Hall–Kier alpha value is -2.34. The van der Waals surface area contributed by atoms with E-state index in [0.717, 1.165) is 10.9 Å². The Balaban J connectivity index is 1.92. The van der Waals surface area contributed by atoms with Crippen molar-refractivity contribution in [1.82, 2.24) is 0 Å². The lowest BCUT2D eigenvalue weighted by molar-refractivity contribution is -0.118. The highest BCUT2D eigenvalue weighted by atomic mass is 79.9. The zero-order valence-electron chi connectivity index (χ0n) is 14.2. The van der Waals surface area contributed by atoms with Crippen LogP contribution < -0.4 is 15.8 Å². The van der Waals surface area contributed by atoms with Crippen molar-refractivity contribution in [3.63, 3.8) is 0 Å². The fourth-order valence-electron chi connectivity index (χ4n) is 2.23. The number of ether oxygens (including phenoxy) is 1. The van der Waals surface area contributed by atoms with Crippen molar-refractivity contribution in [2.75, 3.05) is 11.9 Å². The molecule has 2 amide bonds. The Morgan fingerprint density at radius 2 is 1.88 bits per heavy atom. The summed E-state index contributed by atoms with van der Waals surface area (Å²) >= 11 is 3.48. The Morgan fingerprint density at radius 3 is 2.44 bits per heavy atom. The van der Waals surface area contributed by atoms with Gasteiger partial charge in [-0.2, -0.15) is 0 Å². The molecule has 0 radical (unpaired) electrons. The van der Waals surface area contributed by atoms with Gasteiger partial charge in [0.25, 0.3) is 5.91 Å². The number of rotatable bonds is 7. The standard InChI is InChI=1S/C19H21BrN2O3/c1-3-12(2)14-6-9-17(16(20)10-14)25-11-18(23)22-15-7-4-13(5-8-15)19(21)24/h4-10,12H,3,11H2,1-2H3,(H2,21,24)(H,22,23). The van der Waals surface area contributed by atoms with Gasteiger partial charge in [-0.1, -0.05) is 19.9 Å². The highest BCUT2D eigenvalue weighted by molar-refractivity contribution is 9.10. The molecular weight excluding hydrogens is 384 g/mol. The van der Waals surface area contributed by atoms with E-state index in [4.69, 9.17) is 10.5 Å². The molecule has 0 saturated carbocycles. The number of carbonyl (C=O) groups excluding carboxylic acids is 2. The van der Waals surface area contributed by atoms with Crippen LogP contribution in [0.15, 0.2) is 46.9 Å². The SMILES string of the molecule is CCC(C)c1ccc(OCC(=O)Nc2ccc(C(N)=O)cc2)c(Br)c1. The maximum Gasteiger partial charge on any atom is 0.262 e. The minimum Gasteiger partial charge on any atom is -0.483 e. The third-order valence-corrected chi connectivity index (χ3v) is 4.57. The summed E-state index contributed by atoms with van der Waals surface area (Å²) in [6, 6.07) is 12.2. The number of anilines is 1.